The first-order valence-electron chi connectivity index (χ1n) is 6.44. The van der Waals surface area contributed by atoms with Crippen LogP contribution in [0.15, 0.2) is 12.1 Å². The van der Waals surface area contributed by atoms with Crippen molar-refractivity contribution in [1.29, 1.82) is 0 Å². The van der Waals surface area contributed by atoms with Gasteiger partial charge in [-0.25, -0.2) is 0 Å². The molecule has 6 heteroatoms. The number of hydrogen-bond acceptors (Lipinski definition) is 4. The van der Waals surface area contributed by atoms with Crippen molar-refractivity contribution in [3.05, 3.63) is 22.7 Å². The van der Waals surface area contributed by atoms with Crippen LogP contribution >= 0.6 is 11.6 Å². The Labute approximate surface area is 124 Å². The molecule has 0 aliphatic carbocycles. The van der Waals surface area contributed by atoms with E-state index in [2.05, 4.69) is 0 Å². The van der Waals surface area contributed by atoms with Crippen molar-refractivity contribution >= 4 is 30.0 Å². The van der Waals surface area contributed by atoms with E-state index in [1.807, 2.05) is 27.7 Å². The van der Waals surface area contributed by atoms with Crippen molar-refractivity contribution in [1.82, 2.24) is 0 Å². The highest BCUT2D eigenvalue weighted by Crippen LogP contribution is 2.37. The number of carbonyl (C=O) groups excluding carboxylic acids is 1. The molecule has 1 aliphatic rings. The van der Waals surface area contributed by atoms with Gasteiger partial charge in [0.15, 0.2) is 5.78 Å². The third-order valence-electron chi connectivity index (χ3n) is 3.99. The third-order valence-corrected chi connectivity index (χ3v) is 4.28. The van der Waals surface area contributed by atoms with E-state index in [0.717, 1.165) is 0 Å². The number of halogens is 1. The summed E-state index contributed by atoms with van der Waals surface area (Å²) in [5.41, 5.74) is -0.157. The van der Waals surface area contributed by atoms with Gasteiger partial charge in [0, 0.05) is 0 Å². The average molecular weight is 297 g/mol. The Morgan fingerprint density at radius 1 is 1.20 bits per heavy atom. The van der Waals surface area contributed by atoms with Crippen molar-refractivity contribution < 1.29 is 19.2 Å². The quantitative estimate of drug-likeness (QED) is 0.673. The molecule has 1 N–H and O–H groups in total. The summed E-state index contributed by atoms with van der Waals surface area (Å²) in [4.78, 5) is 11.5. The SMILES string of the molecule is CC(=O)c1cc(B2OC(C)(C)C(C)(C)O2)cc(Cl)c1O. The maximum atomic E-state index is 11.5. The van der Waals surface area contributed by atoms with Crippen molar-refractivity contribution in [3.63, 3.8) is 0 Å². The molecular formula is C14H18BClO4. The monoisotopic (exact) mass is 296 g/mol. The lowest BCUT2D eigenvalue weighted by Gasteiger charge is -2.32. The van der Waals surface area contributed by atoms with E-state index in [1.54, 1.807) is 12.1 Å². The molecule has 1 aromatic rings. The number of benzene rings is 1. The van der Waals surface area contributed by atoms with Gasteiger partial charge in [-0.15, -0.1) is 0 Å². The smallest absolute Gasteiger partial charge is 0.494 e. The van der Waals surface area contributed by atoms with Crippen molar-refractivity contribution in [2.45, 2.75) is 45.8 Å². The molecule has 20 heavy (non-hydrogen) atoms. The molecule has 0 atom stereocenters. The largest absolute Gasteiger partial charge is 0.506 e. The molecular weight excluding hydrogens is 278 g/mol. The summed E-state index contributed by atoms with van der Waals surface area (Å²) in [6.07, 6.45) is 0. The van der Waals surface area contributed by atoms with Gasteiger partial charge < -0.3 is 14.4 Å². The summed E-state index contributed by atoms with van der Waals surface area (Å²) in [5, 5.41) is 9.92. The maximum Gasteiger partial charge on any atom is 0.494 e. The summed E-state index contributed by atoms with van der Waals surface area (Å²) < 4.78 is 11.8. The van der Waals surface area contributed by atoms with Crippen LogP contribution in [-0.2, 0) is 9.31 Å². The van der Waals surface area contributed by atoms with Gasteiger partial charge in [-0.2, -0.15) is 0 Å². The second-order valence-corrected chi connectivity index (χ2v) is 6.45. The molecule has 0 radical (unpaired) electrons. The number of phenols is 1. The second kappa shape index (κ2) is 4.76. The molecule has 2 rings (SSSR count). The minimum atomic E-state index is -0.615. The van der Waals surface area contributed by atoms with Gasteiger partial charge in [0.25, 0.3) is 0 Å². The number of hydrogen-bond donors (Lipinski definition) is 1. The Balaban J connectivity index is 2.43. The lowest BCUT2D eigenvalue weighted by molar-refractivity contribution is 0.00578. The number of phenolic OH excluding ortho intramolecular Hbond substituents is 1. The Morgan fingerprint density at radius 2 is 1.70 bits per heavy atom. The molecule has 0 spiro atoms. The van der Waals surface area contributed by atoms with Gasteiger partial charge in [-0.3, -0.25) is 4.79 Å². The first-order chi connectivity index (χ1) is 9.05. The van der Waals surface area contributed by atoms with Crippen LogP contribution in [0, 0.1) is 0 Å². The van der Waals surface area contributed by atoms with Crippen molar-refractivity contribution in [2.24, 2.45) is 0 Å². The first kappa shape index (κ1) is 15.4. The molecule has 0 aromatic heterocycles. The van der Waals surface area contributed by atoms with Crippen LogP contribution in [0.5, 0.6) is 5.75 Å². The van der Waals surface area contributed by atoms with E-state index in [-0.39, 0.29) is 22.1 Å². The van der Waals surface area contributed by atoms with Crippen LogP contribution < -0.4 is 5.46 Å². The zero-order valence-electron chi connectivity index (χ0n) is 12.3. The van der Waals surface area contributed by atoms with Crippen molar-refractivity contribution in [3.8, 4) is 5.75 Å². The molecule has 1 heterocycles. The van der Waals surface area contributed by atoms with Crippen LogP contribution in [0.25, 0.3) is 0 Å². The Bertz CT molecular complexity index is 553. The summed E-state index contributed by atoms with van der Waals surface area (Å²) in [6, 6.07) is 3.12. The third kappa shape index (κ3) is 2.46. The summed E-state index contributed by atoms with van der Waals surface area (Å²) in [7, 11) is -0.615. The maximum absolute atomic E-state index is 11.5. The van der Waals surface area contributed by atoms with E-state index >= 15 is 0 Å². The second-order valence-electron chi connectivity index (χ2n) is 6.04. The lowest BCUT2D eigenvalue weighted by atomic mass is 9.78. The molecule has 1 fully saturated rings. The molecule has 0 bridgehead atoms. The van der Waals surface area contributed by atoms with E-state index in [0.29, 0.717) is 5.46 Å². The number of Topliss-reactive ketones (excluding diaryl/α,β-unsaturated/α-hetero) is 1. The average Bonchev–Trinajstić information content (AvgIpc) is 2.51. The molecule has 108 valence electrons. The highest BCUT2D eigenvalue weighted by Gasteiger charge is 2.51. The molecule has 1 aliphatic heterocycles. The lowest BCUT2D eigenvalue weighted by Crippen LogP contribution is -2.41. The minimum absolute atomic E-state index is 0.113. The molecule has 4 nitrogen and oxygen atoms in total. The van der Waals surface area contributed by atoms with Gasteiger partial charge in [0.05, 0.1) is 21.8 Å². The van der Waals surface area contributed by atoms with Crippen LogP contribution in [-0.4, -0.2) is 29.2 Å². The van der Waals surface area contributed by atoms with Crippen LogP contribution in [0.3, 0.4) is 0 Å². The van der Waals surface area contributed by atoms with Crippen LogP contribution in [0.1, 0.15) is 45.0 Å². The predicted molar refractivity (Wildman–Crippen MR) is 78.8 cm³/mol. The summed E-state index contributed by atoms with van der Waals surface area (Å²) >= 11 is 5.97. The zero-order chi connectivity index (χ0) is 15.3. The normalized spacial score (nSPS) is 20.2. The molecule has 0 unspecified atom stereocenters. The van der Waals surface area contributed by atoms with E-state index < -0.39 is 18.3 Å². The topological polar surface area (TPSA) is 55.8 Å². The number of carbonyl (C=O) groups is 1. The first-order valence-corrected chi connectivity index (χ1v) is 6.82. The van der Waals surface area contributed by atoms with Gasteiger partial charge in [-0.1, -0.05) is 11.6 Å². The number of ketones is 1. The van der Waals surface area contributed by atoms with Gasteiger partial charge >= 0.3 is 7.12 Å². The van der Waals surface area contributed by atoms with E-state index in [4.69, 9.17) is 20.9 Å². The Kier molecular flexibility index (Phi) is 3.65. The van der Waals surface area contributed by atoms with Crippen molar-refractivity contribution in [2.75, 3.05) is 0 Å². The van der Waals surface area contributed by atoms with Gasteiger partial charge in [0.1, 0.15) is 5.75 Å². The molecule has 1 saturated heterocycles. The van der Waals surface area contributed by atoms with Crippen LogP contribution in [0.4, 0.5) is 0 Å². The molecule has 0 amide bonds. The number of aromatic hydroxyl groups is 1. The standard InChI is InChI=1S/C14H18BClO4/c1-8(17)10-6-9(7-11(16)12(10)18)15-19-13(2,3)14(4,5)20-15/h6-7,18H,1-5H3. The Hall–Kier alpha value is -1.04. The fraction of sp³-hybridized carbons (Fsp3) is 0.500. The molecule has 0 saturated carbocycles. The van der Waals surface area contributed by atoms with Gasteiger partial charge in [0.2, 0.25) is 0 Å². The predicted octanol–water partition coefficient (Wildman–Crippen LogP) is 2.55. The highest BCUT2D eigenvalue weighted by atomic mass is 35.5. The fourth-order valence-corrected chi connectivity index (χ4v) is 2.23. The molecule has 1 aromatic carbocycles. The van der Waals surface area contributed by atoms with Crippen LogP contribution in [0.2, 0.25) is 5.02 Å². The minimum Gasteiger partial charge on any atom is -0.506 e. The van der Waals surface area contributed by atoms with E-state index in [9.17, 15) is 9.90 Å². The zero-order valence-corrected chi connectivity index (χ0v) is 13.0. The number of rotatable bonds is 2. The van der Waals surface area contributed by atoms with E-state index in [1.165, 1.54) is 6.92 Å². The summed E-state index contributed by atoms with van der Waals surface area (Å²) in [5.74, 6) is -0.470. The highest BCUT2D eigenvalue weighted by molar-refractivity contribution is 6.62. The Morgan fingerprint density at radius 3 is 2.15 bits per heavy atom. The van der Waals surface area contributed by atoms with Gasteiger partial charge in [-0.05, 0) is 52.2 Å². The fourth-order valence-electron chi connectivity index (χ4n) is 2.00. The summed E-state index contributed by atoms with van der Waals surface area (Å²) in [6.45, 7) is 9.16.